The molecule has 0 aliphatic carbocycles. The van der Waals surface area contributed by atoms with Crippen molar-refractivity contribution in [2.24, 2.45) is 0 Å². The van der Waals surface area contributed by atoms with E-state index in [2.05, 4.69) is 10.6 Å². The van der Waals surface area contributed by atoms with Crippen LogP contribution in [0.2, 0.25) is 0 Å². The van der Waals surface area contributed by atoms with Crippen molar-refractivity contribution in [2.75, 3.05) is 13.2 Å². The lowest BCUT2D eigenvalue weighted by Crippen LogP contribution is -2.49. The molecule has 0 spiro atoms. The normalized spacial score (nSPS) is 19.4. The van der Waals surface area contributed by atoms with Crippen LogP contribution in [0, 0.1) is 0 Å². The van der Waals surface area contributed by atoms with E-state index >= 15 is 0 Å². The Morgan fingerprint density at radius 3 is 2.81 bits per heavy atom. The van der Waals surface area contributed by atoms with Crippen molar-refractivity contribution < 1.29 is 9.53 Å². The van der Waals surface area contributed by atoms with Crippen LogP contribution in [0.1, 0.15) is 31.7 Å². The van der Waals surface area contributed by atoms with Gasteiger partial charge in [-0.25, -0.2) is 0 Å². The van der Waals surface area contributed by atoms with Gasteiger partial charge in [0.25, 0.3) is 0 Å². The molecule has 1 amide bonds. The SMILES string of the molecule is CC(COCc1ccccc1)NC(=O)C1CCCCN1.Cl. The van der Waals surface area contributed by atoms with E-state index in [-0.39, 0.29) is 30.4 Å². The molecule has 2 atom stereocenters. The zero-order valence-electron chi connectivity index (χ0n) is 12.5. The molecule has 0 radical (unpaired) electrons. The summed E-state index contributed by atoms with van der Waals surface area (Å²) in [5.41, 5.74) is 1.15. The van der Waals surface area contributed by atoms with Crippen LogP contribution in [0.5, 0.6) is 0 Å². The number of hydrogen-bond donors (Lipinski definition) is 2. The van der Waals surface area contributed by atoms with Crippen LogP contribution in [0.25, 0.3) is 0 Å². The molecule has 4 nitrogen and oxygen atoms in total. The third-order valence-corrected chi connectivity index (χ3v) is 3.49. The molecule has 2 N–H and O–H groups in total. The van der Waals surface area contributed by atoms with Gasteiger partial charge in [0.15, 0.2) is 0 Å². The molecule has 1 aromatic carbocycles. The highest BCUT2D eigenvalue weighted by atomic mass is 35.5. The van der Waals surface area contributed by atoms with Crippen molar-refractivity contribution in [1.29, 1.82) is 0 Å². The first kappa shape index (κ1) is 18.0. The van der Waals surface area contributed by atoms with E-state index in [0.29, 0.717) is 13.2 Å². The van der Waals surface area contributed by atoms with Gasteiger partial charge >= 0.3 is 0 Å². The second-order valence-electron chi connectivity index (χ2n) is 5.41. The van der Waals surface area contributed by atoms with Crippen molar-refractivity contribution in [1.82, 2.24) is 10.6 Å². The minimum Gasteiger partial charge on any atom is -0.375 e. The maximum absolute atomic E-state index is 12.0. The lowest BCUT2D eigenvalue weighted by Gasteiger charge is -2.24. The van der Waals surface area contributed by atoms with Gasteiger partial charge in [-0.3, -0.25) is 4.79 Å². The highest BCUT2D eigenvalue weighted by molar-refractivity contribution is 5.85. The van der Waals surface area contributed by atoms with Crippen LogP contribution >= 0.6 is 12.4 Å². The van der Waals surface area contributed by atoms with E-state index in [0.717, 1.165) is 24.9 Å². The molecule has 0 bridgehead atoms. The molecule has 1 saturated heterocycles. The second-order valence-corrected chi connectivity index (χ2v) is 5.41. The van der Waals surface area contributed by atoms with E-state index in [1.807, 2.05) is 37.3 Å². The summed E-state index contributed by atoms with van der Waals surface area (Å²) in [5.74, 6) is 0.0977. The fraction of sp³-hybridized carbons (Fsp3) is 0.562. The number of hydrogen-bond acceptors (Lipinski definition) is 3. The van der Waals surface area contributed by atoms with E-state index in [1.54, 1.807) is 0 Å². The average molecular weight is 313 g/mol. The third-order valence-electron chi connectivity index (χ3n) is 3.49. The Morgan fingerprint density at radius 2 is 2.14 bits per heavy atom. The first-order valence-electron chi connectivity index (χ1n) is 7.41. The molecule has 21 heavy (non-hydrogen) atoms. The highest BCUT2D eigenvalue weighted by Crippen LogP contribution is 2.07. The number of nitrogens with one attached hydrogen (secondary N) is 2. The lowest BCUT2D eigenvalue weighted by atomic mass is 10.0. The minimum atomic E-state index is -0.0275. The number of halogens is 1. The van der Waals surface area contributed by atoms with E-state index < -0.39 is 0 Å². The van der Waals surface area contributed by atoms with Crippen molar-refractivity contribution in [3.8, 4) is 0 Å². The van der Waals surface area contributed by atoms with Gasteiger partial charge in [0, 0.05) is 6.04 Å². The number of benzene rings is 1. The van der Waals surface area contributed by atoms with Crippen molar-refractivity contribution in [3.05, 3.63) is 35.9 Å². The zero-order valence-corrected chi connectivity index (χ0v) is 13.3. The lowest BCUT2D eigenvalue weighted by molar-refractivity contribution is -0.124. The largest absolute Gasteiger partial charge is 0.375 e. The number of carbonyl (C=O) groups is 1. The summed E-state index contributed by atoms with van der Waals surface area (Å²) < 4.78 is 5.63. The first-order valence-corrected chi connectivity index (χ1v) is 7.41. The Morgan fingerprint density at radius 1 is 1.38 bits per heavy atom. The van der Waals surface area contributed by atoms with Crippen LogP contribution in [-0.2, 0) is 16.1 Å². The molecular weight excluding hydrogens is 288 g/mol. The molecule has 0 aromatic heterocycles. The van der Waals surface area contributed by atoms with Crippen LogP contribution in [-0.4, -0.2) is 31.1 Å². The van der Waals surface area contributed by atoms with Gasteiger partial charge in [-0.05, 0) is 31.9 Å². The maximum atomic E-state index is 12.0. The molecule has 2 unspecified atom stereocenters. The summed E-state index contributed by atoms with van der Waals surface area (Å²) in [4.78, 5) is 12.0. The Kier molecular flexibility index (Phi) is 8.35. The Hall–Kier alpha value is -1.10. The summed E-state index contributed by atoms with van der Waals surface area (Å²) in [7, 11) is 0. The maximum Gasteiger partial charge on any atom is 0.237 e. The molecule has 1 aliphatic rings. The number of carbonyl (C=O) groups excluding carboxylic acids is 1. The fourth-order valence-corrected chi connectivity index (χ4v) is 2.39. The van der Waals surface area contributed by atoms with Gasteiger partial charge in [-0.15, -0.1) is 12.4 Å². The molecule has 2 rings (SSSR count). The Bertz CT molecular complexity index is 408. The zero-order chi connectivity index (χ0) is 14.2. The number of amides is 1. The van der Waals surface area contributed by atoms with Crippen molar-refractivity contribution in [2.45, 2.75) is 44.9 Å². The first-order chi connectivity index (χ1) is 9.75. The van der Waals surface area contributed by atoms with Gasteiger partial charge in [-0.1, -0.05) is 36.8 Å². The molecule has 0 saturated carbocycles. The molecule has 1 heterocycles. The van der Waals surface area contributed by atoms with Crippen molar-refractivity contribution >= 4 is 18.3 Å². The predicted molar refractivity (Wildman–Crippen MR) is 86.6 cm³/mol. The molecule has 5 heteroatoms. The highest BCUT2D eigenvalue weighted by Gasteiger charge is 2.21. The molecule has 118 valence electrons. The molecular formula is C16H25ClN2O2. The summed E-state index contributed by atoms with van der Waals surface area (Å²) in [6.45, 7) is 4.04. The minimum absolute atomic E-state index is 0. The summed E-state index contributed by atoms with van der Waals surface area (Å²) in [6, 6.07) is 10.1. The van der Waals surface area contributed by atoms with E-state index in [1.165, 1.54) is 6.42 Å². The number of ether oxygens (including phenoxy) is 1. The van der Waals surface area contributed by atoms with Gasteiger partial charge in [0.2, 0.25) is 5.91 Å². The topological polar surface area (TPSA) is 50.4 Å². The van der Waals surface area contributed by atoms with Gasteiger partial charge < -0.3 is 15.4 Å². The quantitative estimate of drug-likeness (QED) is 0.847. The number of piperidine rings is 1. The van der Waals surface area contributed by atoms with Crippen molar-refractivity contribution in [3.63, 3.8) is 0 Å². The Balaban J connectivity index is 0.00000220. The van der Waals surface area contributed by atoms with Gasteiger partial charge in [0.1, 0.15) is 0 Å². The van der Waals surface area contributed by atoms with Gasteiger partial charge in [-0.2, -0.15) is 0 Å². The van der Waals surface area contributed by atoms with Crippen LogP contribution in [0.15, 0.2) is 30.3 Å². The summed E-state index contributed by atoms with van der Waals surface area (Å²) in [5, 5.41) is 6.26. The third kappa shape index (κ3) is 6.46. The van der Waals surface area contributed by atoms with E-state index in [9.17, 15) is 4.79 Å². The second kappa shape index (κ2) is 9.77. The fourth-order valence-electron chi connectivity index (χ4n) is 2.39. The average Bonchev–Trinajstić information content (AvgIpc) is 2.49. The molecule has 1 fully saturated rings. The van der Waals surface area contributed by atoms with Crippen LogP contribution in [0.3, 0.4) is 0 Å². The van der Waals surface area contributed by atoms with Crippen LogP contribution < -0.4 is 10.6 Å². The predicted octanol–water partition coefficient (Wildman–Crippen LogP) is 2.27. The summed E-state index contributed by atoms with van der Waals surface area (Å²) >= 11 is 0. The smallest absolute Gasteiger partial charge is 0.237 e. The van der Waals surface area contributed by atoms with Crippen LogP contribution in [0.4, 0.5) is 0 Å². The Labute approximate surface area is 133 Å². The van der Waals surface area contributed by atoms with E-state index in [4.69, 9.17) is 4.74 Å². The molecule has 1 aliphatic heterocycles. The van der Waals surface area contributed by atoms with Gasteiger partial charge in [0.05, 0.1) is 19.3 Å². The summed E-state index contributed by atoms with van der Waals surface area (Å²) in [6.07, 6.45) is 3.23. The molecule has 1 aromatic rings. The number of rotatable bonds is 6. The monoisotopic (exact) mass is 312 g/mol. The standard InChI is InChI=1S/C16H24N2O2.ClH/c1-13(11-20-12-14-7-3-2-4-8-14)18-16(19)15-9-5-6-10-17-15;/h2-4,7-8,13,15,17H,5-6,9-12H2,1H3,(H,18,19);1H.